The first-order valence-electron chi connectivity index (χ1n) is 9.01. The highest BCUT2D eigenvalue weighted by Gasteiger charge is 2.59. The van der Waals surface area contributed by atoms with Gasteiger partial charge in [0.15, 0.2) is 10.6 Å². The van der Waals surface area contributed by atoms with Crippen molar-refractivity contribution < 1.29 is 9.53 Å². The minimum absolute atomic E-state index is 0.0333. The minimum Gasteiger partial charge on any atom is -0.377 e. The number of aryl methyl sites for hydroxylation is 1. The quantitative estimate of drug-likeness (QED) is 0.810. The van der Waals surface area contributed by atoms with E-state index in [4.69, 9.17) is 17.0 Å². The lowest BCUT2D eigenvalue weighted by Gasteiger charge is -2.54. The van der Waals surface area contributed by atoms with Gasteiger partial charge in [-0.3, -0.25) is 14.5 Å². The van der Waals surface area contributed by atoms with Crippen molar-refractivity contribution in [3.8, 4) is 11.4 Å². The molecule has 1 aliphatic carbocycles. The molecule has 6 nitrogen and oxygen atoms in total. The molecule has 1 saturated heterocycles. The van der Waals surface area contributed by atoms with Crippen molar-refractivity contribution in [1.29, 1.82) is 0 Å². The number of hydrogen-bond acceptors (Lipinski definition) is 4. The largest absolute Gasteiger partial charge is 0.377 e. The zero-order valence-electron chi connectivity index (χ0n) is 15.3. The number of fused-ring (bicyclic) bond motifs is 1. The number of nitrogens with one attached hydrogen (secondary N) is 2. The summed E-state index contributed by atoms with van der Waals surface area (Å²) in [6, 6.07) is 8.17. The van der Waals surface area contributed by atoms with E-state index in [1.165, 1.54) is 5.56 Å². The average molecular weight is 372 g/mol. The highest BCUT2D eigenvalue weighted by molar-refractivity contribution is 7.71. The number of amides is 1. The van der Waals surface area contributed by atoms with Crippen LogP contribution in [0.4, 0.5) is 0 Å². The number of H-pyrrole nitrogens is 1. The zero-order valence-corrected chi connectivity index (χ0v) is 16.1. The van der Waals surface area contributed by atoms with Crippen molar-refractivity contribution in [3.05, 3.63) is 34.6 Å². The summed E-state index contributed by atoms with van der Waals surface area (Å²) in [5.74, 6) is 1.06. The van der Waals surface area contributed by atoms with Gasteiger partial charge in [-0.2, -0.15) is 5.10 Å². The maximum atomic E-state index is 12.7. The maximum absolute atomic E-state index is 12.7. The fourth-order valence-corrected chi connectivity index (χ4v) is 4.56. The second-order valence-electron chi connectivity index (χ2n) is 7.92. The summed E-state index contributed by atoms with van der Waals surface area (Å²) in [6.45, 7) is 7.30. The van der Waals surface area contributed by atoms with E-state index in [0.29, 0.717) is 16.5 Å². The van der Waals surface area contributed by atoms with E-state index in [-0.39, 0.29) is 30.0 Å². The molecule has 0 bridgehead atoms. The summed E-state index contributed by atoms with van der Waals surface area (Å²) in [6.07, 6.45) is 1.27. The molecular weight excluding hydrogens is 348 g/mol. The van der Waals surface area contributed by atoms with Crippen LogP contribution in [-0.2, 0) is 16.1 Å². The summed E-state index contributed by atoms with van der Waals surface area (Å²) in [4.78, 5) is 12.7. The molecule has 7 heteroatoms. The third-order valence-corrected chi connectivity index (χ3v) is 6.10. The van der Waals surface area contributed by atoms with Gasteiger partial charge < -0.3 is 10.1 Å². The number of rotatable bonds is 4. The van der Waals surface area contributed by atoms with E-state index in [0.717, 1.165) is 18.6 Å². The first-order valence-corrected chi connectivity index (χ1v) is 9.42. The number of benzene rings is 1. The third kappa shape index (κ3) is 2.79. The molecule has 138 valence electrons. The van der Waals surface area contributed by atoms with E-state index >= 15 is 0 Å². The van der Waals surface area contributed by atoms with E-state index in [9.17, 15) is 4.79 Å². The Bertz CT molecular complexity index is 884. The molecule has 1 aromatic heterocycles. The monoisotopic (exact) mass is 372 g/mol. The molecule has 2 aromatic rings. The van der Waals surface area contributed by atoms with Crippen molar-refractivity contribution in [1.82, 2.24) is 20.1 Å². The van der Waals surface area contributed by atoms with Crippen molar-refractivity contribution in [2.75, 3.05) is 6.61 Å². The van der Waals surface area contributed by atoms with Crippen molar-refractivity contribution in [3.63, 3.8) is 0 Å². The number of carbonyl (C=O) groups is 1. The Morgan fingerprint density at radius 1 is 1.42 bits per heavy atom. The molecule has 1 amide bonds. The molecule has 3 atom stereocenters. The molecule has 4 rings (SSSR count). The van der Waals surface area contributed by atoms with Gasteiger partial charge in [0.25, 0.3) is 0 Å². The van der Waals surface area contributed by atoms with Gasteiger partial charge in [0.2, 0.25) is 5.91 Å². The van der Waals surface area contributed by atoms with Gasteiger partial charge >= 0.3 is 0 Å². The predicted molar refractivity (Wildman–Crippen MR) is 101 cm³/mol. The molecule has 2 aliphatic rings. The lowest BCUT2D eigenvalue weighted by Crippen LogP contribution is -2.67. The molecule has 1 saturated carbocycles. The number of aromatic nitrogens is 3. The van der Waals surface area contributed by atoms with Crippen LogP contribution in [0, 0.1) is 23.0 Å². The summed E-state index contributed by atoms with van der Waals surface area (Å²) in [7, 11) is 0. The fraction of sp³-hybridized carbons (Fsp3) is 0.526. The first kappa shape index (κ1) is 17.4. The summed E-state index contributed by atoms with van der Waals surface area (Å²) in [5, 5.41) is 10.3. The Kier molecular flexibility index (Phi) is 4.23. The molecule has 2 fully saturated rings. The maximum Gasteiger partial charge on any atom is 0.240 e. The standard InChI is InChI=1S/C19H24N4O2S/c1-11-4-6-12(7-5-11)17-21-22-18(26)23(17)10-14(24)20-15-13-8-9-25-16(13)19(15,2)3/h4-7,13,15-16H,8-10H2,1-3H3,(H,20,24)(H,22,26). The Labute approximate surface area is 158 Å². The molecular formula is C19H24N4O2S. The van der Waals surface area contributed by atoms with Gasteiger partial charge in [-0.15, -0.1) is 0 Å². The first-order chi connectivity index (χ1) is 12.4. The van der Waals surface area contributed by atoms with Crippen LogP contribution >= 0.6 is 12.2 Å². The lowest BCUT2D eigenvalue weighted by molar-refractivity contribution is -0.138. The normalized spacial score (nSPS) is 26.2. The molecule has 1 aromatic carbocycles. The van der Waals surface area contributed by atoms with E-state index < -0.39 is 0 Å². The van der Waals surface area contributed by atoms with Crippen LogP contribution in [-0.4, -0.2) is 39.4 Å². The van der Waals surface area contributed by atoms with Crippen molar-refractivity contribution in [2.45, 2.75) is 45.9 Å². The Balaban J connectivity index is 1.51. The van der Waals surface area contributed by atoms with Crippen LogP contribution in [0.5, 0.6) is 0 Å². The van der Waals surface area contributed by atoms with Crippen LogP contribution in [0.15, 0.2) is 24.3 Å². The SMILES string of the molecule is Cc1ccc(-c2n[nH]c(=S)n2CC(=O)NC2C3CCOC3C2(C)C)cc1. The summed E-state index contributed by atoms with van der Waals surface area (Å²) >= 11 is 5.34. The van der Waals surface area contributed by atoms with E-state index in [2.05, 4.69) is 29.4 Å². The Morgan fingerprint density at radius 2 is 2.15 bits per heavy atom. The van der Waals surface area contributed by atoms with Gasteiger partial charge in [-0.25, -0.2) is 0 Å². The average Bonchev–Trinajstić information content (AvgIpc) is 3.20. The summed E-state index contributed by atoms with van der Waals surface area (Å²) < 4.78 is 8.01. The molecule has 0 radical (unpaired) electrons. The predicted octanol–water partition coefficient (Wildman–Crippen LogP) is 2.85. The smallest absolute Gasteiger partial charge is 0.240 e. The van der Waals surface area contributed by atoms with Crippen LogP contribution in [0.3, 0.4) is 0 Å². The van der Waals surface area contributed by atoms with Gasteiger partial charge in [0.1, 0.15) is 6.54 Å². The number of nitrogens with zero attached hydrogens (tertiary/aromatic N) is 2. The van der Waals surface area contributed by atoms with Gasteiger partial charge in [-0.1, -0.05) is 43.7 Å². The topological polar surface area (TPSA) is 71.9 Å². The van der Waals surface area contributed by atoms with Crippen LogP contribution in [0.2, 0.25) is 0 Å². The van der Waals surface area contributed by atoms with Crippen molar-refractivity contribution in [2.24, 2.45) is 11.3 Å². The van der Waals surface area contributed by atoms with E-state index in [1.807, 2.05) is 31.2 Å². The van der Waals surface area contributed by atoms with Crippen LogP contribution < -0.4 is 5.32 Å². The number of carbonyl (C=O) groups excluding carboxylic acids is 1. The van der Waals surface area contributed by atoms with Crippen molar-refractivity contribution >= 4 is 18.1 Å². The van der Waals surface area contributed by atoms with Gasteiger partial charge in [0.05, 0.1) is 6.10 Å². The molecule has 2 heterocycles. The Hall–Kier alpha value is -1.99. The van der Waals surface area contributed by atoms with Crippen LogP contribution in [0.25, 0.3) is 11.4 Å². The second kappa shape index (κ2) is 6.32. The number of aromatic amines is 1. The van der Waals surface area contributed by atoms with Gasteiger partial charge in [-0.05, 0) is 25.6 Å². The number of hydrogen-bond donors (Lipinski definition) is 2. The van der Waals surface area contributed by atoms with Crippen LogP contribution in [0.1, 0.15) is 25.8 Å². The molecule has 0 spiro atoms. The zero-order chi connectivity index (χ0) is 18.5. The molecule has 26 heavy (non-hydrogen) atoms. The molecule has 1 aliphatic heterocycles. The highest BCUT2D eigenvalue weighted by atomic mass is 32.1. The number of ether oxygens (including phenoxy) is 1. The lowest BCUT2D eigenvalue weighted by atomic mass is 9.57. The minimum atomic E-state index is -0.0423. The fourth-order valence-electron chi connectivity index (χ4n) is 4.37. The third-order valence-electron chi connectivity index (χ3n) is 5.79. The highest BCUT2D eigenvalue weighted by Crippen LogP contribution is 2.52. The van der Waals surface area contributed by atoms with E-state index in [1.54, 1.807) is 4.57 Å². The molecule has 2 N–H and O–H groups in total. The molecule has 3 unspecified atom stereocenters. The Morgan fingerprint density at radius 3 is 2.88 bits per heavy atom. The second-order valence-corrected chi connectivity index (χ2v) is 8.30. The van der Waals surface area contributed by atoms with Gasteiger partial charge in [0, 0.05) is 29.5 Å². The summed E-state index contributed by atoms with van der Waals surface area (Å²) in [5.41, 5.74) is 2.07.